The van der Waals surface area contributed by atoms with Gasteiger partial charge in [0.15, 0.2) is 11.5 Å². The summed E-state index contributed by atoms with van der Waals surface area (Å²) in [6, 6.07) is 5.87. The summed E-state index contributed by atoms with van der Waals surface area (Å²) in [5.41, 5.74) is 2.79. The van der Waals surface area contributed by atoms with Gasteiger partial charge < -0.3 is 14.2 Å². The zero-order valence-corrected chi connectivity index (χ0v) is 10.8. The SMILES string of the molecule is CCO[C@@H]1COc2c(Oc3cncs3)cccc21. The van der Waals surface area contributed by atoms with Gasteiger partial charge in [0.05, 0.1) is 11.7 Å². The van der Waals surface area contributed by atoms with Crippen LogP contribution in [0.15, 0.2) is 29.9 Å². The molecule has 1 aromatic heterocycles. The highest BCUT2D eigenvalue weighted by Crippen LogP contribution is 2.43. The maximum atomic E-state index is 5.76. The van der Waals surface area contributed by atoms with Crippen LogP contribution in [-0.4, -0.2) is 18.2 Å². The van der Waals surface area contributed by atoms with Gasteiger partial charge in [0.1, 0.15) is 12.7 Å². The Morgan fingerprint density at radius 1 is 1.50 bits per heavy atom. The Morgan fingerprint density at radius 3 is 3.22 bits per heavy atom. The van der Waals surface area contributed by atoms with Crippen molar-refractivity contribution in [2.24, 2.45) is 0 Å². The average Bonchev–Trinajstić information content (AvgIpc) is 3.01. The quantitative estimate of drug-likeness (QED) is 0.847. The number of rotatable bonds is 4. The van der Waals surface area contributed by atoms with E-state index in [4.69, 9.17) is 14.2 Å². The van der Waals surface area contributed by atoms with Gasteiger partial charge in [-0.1, -0.05) is 23.5 Å². The molecule has 1 atom stereocenters. The summed E-state index contributed by atoms with van der Waals surface area (Å²) in [6.07, 6.45) is 1.70. The van der Waals surface area contributed by atoms with Crippen LogP contribution in [0.25, 0.3) is 0 Å². The second kappa shape index (κ2) is 4.96. The van der Waals surface area contributed by atoms with Crippen molar-refractivity contribution in [1.82, 2.24) is 4.98 Å². The molecule has 1 aromatic carbocycles. The van der Waals surface area contributed by atoms with Gasteiger partial charge in [-0.05, 0) is 13.0 Å². The lowest BCUT2D eigenvalue weighted by Gasteiger charge is -2.09. The summed E-state index contributed by atoms with van der Waals surface area (Å²) in [7, 11) is 0. The minimum absolute atomic E-state index is 0.00927. The van der Waals surface area contributed by atoms with Crippen molar-refractivity contribution in [3.8, 4) is 16.6 Å². The van der Waals surface area contributed by atoms with Crippen molar-refractivity contribution in [1.29, 1.82) is 0 Å². The fourth-order valence-corrected chi connectivity index (χ4v) is 2.46. The maximum absolute atomic E-state index is 5.76. The molecule has 0 fully saturated rings. The van der Waals surface area contributed by atoms with Crippen molar-refractivity contribution in [3.05, 3.63) is 35.5 Å². The molecule has 1 aliphatic heterocycles. The fourth-order valence-electron chi connectivity index (χ4n) is 1.97. The molecule has 94 valence electrons. The Hall–Kier alpha value is -1.59. The molecular weight excluding hydrogens is 250 g/mol. The summed E-state index contributed by atoms with van der Waals surface area (Å²) in [6.45, 7) is 3.20. The lowest BCUT2D eigenvalue weighted by Crippen LogP contribution is -2.04. The van der Waals surface area contributed by atoms with Gasteiger partial charge in [-0.3, -0.25) is 0 Å². The van der Waals surface area contributed by atoms with Gasteiger partial charge in [-0.25, -0.2) is 4.98 Å². The standard InChI is InChI=1S/C13H13NO3S/c1-2-15-11-7-16-13-9(11)4-3-5-10(13)17-12-6-14-8-18-12/h3-6,8,11H,2,7H2,1H3/t11-/m1/s1. The van der Waals surface area contributed by atoms with Crippen LogP contribution in [-0.2, 0) is 4.74 Å². The minimum Gasteiger partial charge on any atom is -0.486 e. The lowest BCUT2D eigenvalue weighted by atomic mass is 10.1. The Morgan fingerprint density at radius 2 is 2.44 bits per heavy atom. The monoisotopic (exact) mass is 263 g/mol. The largest absolute Gasteiger partial charge is 0.486 e. The lowest BCUT2D eigenvalue weighted by molar-refractivity contribution is 0.0467. The first-order chi connectivity index (χ1) is 8.88. The number of hydrogen-bond donors (Lipinski definition) is 0. The number of hydrogen-bond acceptors (Lipinski definition) is 5. The smallest absolute Gasteiger partial charge is 0.200 e. The number of ether oxygens (including phenoxy) is 3. The molecule has 2 heterocycles. The number of thiazole rings is 1. The van der Waals surface area contributed by atoms with Crippen molar-refractivity contribution in [3.63, 3.8) is 0 Å². The molecule has 0 saturated heterocycles. The molecule has 1 aliphatic rings. The molecule has 0 saturated carbocycles. The van der Waals surface area contributed by atoms with E-state index in [-0.39, 0.29) is 6.10 Å². The zero-order valence-electron chi connectivity index (χ0n) is 9.96. The number of para-hydroxylation sites is 1. The van der Waals surface area contributed by atoms with E-state index in [1.807, 2.05) is 25.1 Å². The van der Waals surface area contributed by atoms with Gasteiger partial charge in [0, 0.05) is 12.2 Å². The van der Waals surface area contributed by atoms with Gasteiger partial charge in [0.25, 0.3) is 0 Å². The predicted molar refractivity (Wildman–Crippen MR) is 68.5 cm³/mol. The molecule has 0 bridgehead atoms. The molecule has 18 heavy (non-hydrogen) atoms. The minimum atomic E-state index is 0.00927. The van der Waals surface area contributed by atoms with Gasteiger partial charge >= 0.3 is 0 Å². The topological polar surface area (TPSA) is 40.6 Å². The number of fused-ring (bicyclic) bond motifs is 1. The van der Waals surface area contributed by atoms with E-state index in [2.05, 4.69) is 4.98 Å². The normalized spacial score (nSPS) is 17.3. The van der Waals surface area contributed by atoms with Crippen LogP contribution in [0.2, 0.25) is 0 Å². The van der Waals surface area contributed by atoms with Crippen molar-refractivity contribution < 1.29 is 14.2 Å². The van der Waals surface area contributed by atoms with Crippen LogP contribution in [0, 0.1) is 0 Å². The van der Waals surface area contributed by atoms with Crippen LogP contribution < -0.4 is 9.47 Å². The van der Waals surface area contributed by atoms with E-state index < -0.39 is 0 Å². The average molecular weight is 263 g/mol. The maximum Gasteiger partial charge on any atom is 0.200 e. The van der Waals surface area contributed by atoms with Crippen molar-refractivity contribution >= 4 is 11.3 Å². The van der Waals surface area contributed by atoms with E-state index in [9.17, 15) is 0 Å². The van der Waals surface area contributed by atoms with E-state index in [0.717, 1.165) is 22.1 Å². The van der Waals surface area contributed by atoms with Crippen LogP contribution in [0.5, 0.6) is 16.6 Å². The third-order valence-electron chi connectivity index (χ3n) is 2.72. The van der Waals surface area contributed by atoms with Crippen LogP contribution in [0.4, 0.5) is 0 Å². The highest BCUT2D eigenvalue weighted by molar-refractivity contribution is 7.11. The Bertz CT molecular complexity index is 527. The van der Waals surface area contributed by atoms with Crippen LogP contribution >= 0.6 is 11.3 Å². The highest BCUT2D eigenvalue weighted by atomic mass is 32.1. The van der Waals surface area contributed by atoms with Crippen molar-refractivity contribution in [2.75, 3.05) is 13.2 Å². The molecule has 5 heteroatoms. The first kappa shape index (κ1) is 11.5. The predicted octanol–water partition coefficient (Wildman–Crippen LogP) is 3.41. The Balaban J connectivity index is 1.89. The van der Waals surface area contributed by atoms with Crippen molar-refractivity contribution in [2.45, 2.75) is 13.0 Å². The third kappa shape index (κ3) is 2.07. The summed E-state index contributed by atoms with van der Waals surface area (Å²) < 4.78 is 17.1. The second-order valence-electron chi connectivity index (χ2n) is 3.85. The molecule has 4 nitrogen and oxygen atoms in total. The second-order valence-corrected chi connectivity index (χ2v) is 4.70. The highest BCUT2D eigenvalue weighted by Gasteiger charge is 2.27. The summed E-state index contributed by atoms with van der Waals surface area (Å²) in [5.74, 6) is 1.50. The molecule has 0 radical (unpaired) electrons. The molecule has 0 N–H and O–H groups in total. The van der Waals surface area contributed by atoms with E-state index in [0.29, 0.717) is 13.2 Å². The number of aromatic nitrogens is 1. The van der Waals surface area contributed by atoms with Gasteiger partial charge in [0.2, 0.25) is 5.06 Å². The van der Waals surface area contributed by atoms with E-state index >= 15 is 0 Å². The number of nitrogens with zero attached hydrogens (tertiary/aromatic N) is 1. The summed E-state index contributed by atoms with van der Waals surface area (Å²) in [4.78, 5) is 3.98. The first-order valence-corrected chi connectivity index (χ1v) is 6.70. The molecule has 0 aliphatic carbocycles. The molecule has 0 amide bonds. The zero-order chi connectivity index (χ0) is 12.4. The Labute approximate surface area is 109 Å². The van der Waals surface area contributed by atoms with E-state index in [1.54, 1.807) is 11.7 Å². The first-order valence-electron chi connectivity index (χ1n) is 5.82. The number of benzene rings is 1. The molecule has 0 spiro atoms. The Kier molecular flexibility index (Phi) is 3.17. The van der Waals surface area contributed by atoms with Gasteiger partial charge in [-0.2, -0.15) is 0 Å². The molecule has 2 aromatic rings. The van der Waals surface area contributed by atoms with Crippen LogP contribution in [0.3, 0.4) is 0 Å². The molecular formula is C13H13NO3S. The molecule has 3 rings (SSSR count). The molecule has 0 unspecified atom stereocenters. The van der Waals surface area contributed by atoms with E-state index in [1.165, 1.54) is 11.3 Å². The third-order valence-corrected chi connectivity index (χ3v) is 3.37. The van der Waals surface area contributed by atoms with Crippen LogP contribution in [0.1, 0.15) is 18.6 Å². The van der Waals surface area contributed by atoms with Gasteiger partial charge in [-0.15, -0.1) is 0 Å². The summed E-state index contributed by atoms with van der Waals surface area (Å²) in [5, 5.41) is 0.756. The summed E-state index contributed by atoms with van der Waals surface area (Å²) >= 11 is 1.45. The fraction of sp³-hybridized carbons (Fsp3) is 0.308.